The Hall–Kier alpha value is -3.06. The Morgan fingerprint density at radius 1 is 1.11 bits per heavy atom. The monoisotopic (exact) mass is 380 g/mol. The van der Waals surface area contributed by atoms with E-state index in [2.05, 4.69) is 20.6 Å². The minimum absolute atomic E-state index is 0.301. The third-order valence-electron chi connectivity index (χ3n) is 4.09. The molecule has 138 valence electrons. The predicted molar refractivity (Wildman–Crippen MR) is 106 cm³/mol. The molecule has 0 aliphatic carbocycles. The summed E-state index contributed by atoms with van der Waals surface area (Å²) in [5.41, 5.74) is 2.24. The number of rotatable bonds is 6. The molecule has 1 aromatic carbocycles. The lowest BCUT2D eigenvalue weighted by molar-refractivity contribution is -0.118. The molecule has 6 nitrogen and oxygen atoms in total. The molecular weight excluding hydrogens is 360 g/mol. The van der Waals surface area contributed by atoms with Crippen molar-refractivity contribution in [3.63, 3.8) is 0 Å². The molecule has 2 amide bonds. The molecule has 7 heteroatoms. The summed E-state index contributed by atoms with van der Waals surface area (Å²) < 4.78 is 0. The molecule has 3 aromatic rings. The van der Waals surface area contributed by atoms with Gasteiger partial charge in [-0.3, -0.25) is 14.6 Å². The Morgan fingerprint density at radius 2 is 1.89 bits per heavy atom. The average molecular weight is 380 g/mol. The number of carbonyl (C=O) groups excluding carboxylic acids is 2. The van der Waals surface area contributed by atoms with Crippen LogP contribution in [0.15, 0.2) is 54.9 Å². The van der Waals surface area contributed by atoms with Gasteiger partial charge in [0.2, 0.25) is 5.91 Å². The van der Waals surface area contributed by atoms with Crippen LogP contribution in [0.25, 0.3) is 0 Å². The van der Waals surface area contributed by atoms with Gasteiger partial charge in [-0.25, -0.2) is 4.98 Å². The fourth-order valence-electron chi connectivity index (χ4n) is 2.52. The molecular formula is C20H20N4O2S. The molecule has 2 aromatic heterocycles. The number of amides is 2. The van der Waals surface area contributed by atoms with E-state index in [-0.39, 0.29) is 11.8 Å². The SMILES string of the molecule is Cc1nc(NC(=O)C(Cc2ccccc2)NC(=O)c2cccnc2)sc1C. The topological polar surface area (TPSA) is 84.0 Å². The van der Waals surface area contributed by atoms with Gasteiger partial charge in [0.25, 0.3) is 5.91 Å². The Kier molecular flexibility index (Phi) is 5.93. The number of hydrogen-bond acceptors (Lipinski definition) is 5. The van der Waals surface area contributed by atoms with E-state index in [1.165, 1.54) is 17.5 Å². The van der Waals surface area contributed by atoms with Crippen molar-refractivity contribution in [1.82, 2.24) is 15.3 Å². The lowest BCUT2D eigenvalue weighted by Gasteiger charge is -2.18. The summed E-state index contributed by atoms with van der Waals surface area (Å²) in [6, 6.07) is 12.2. The number of aromatic nitrogens is 2. The highest BCUT2D eigenvalue weighted by atomic mass is 32.1. The van der Waals surface area contributed by atoms with Crippen molar-refractivity contribution < 1.29 is 9.59 Å². The molecule has 0 spiro atoms. The highest BCUT2D eigenvalue weighted by Crippen LogP contribution is 2.21. The molecule has 0 radical (unpaired) electrons. The van der Waals surface area contributed by atoms with Crippen molar-refractivity contribution in [3.05, 3.63) is 76.6 Å². The second kappa shape index (κ2) is 8.55. The van der Waals surface area contributed by atoms with Crippen molar-refractivity contribution in [2.75, 3.05) is 5.32 Å². The normalized spacial score (nSPS) is 11.6. The zero-order valence-corrected chi connectivity index (χ0v) is 15.9. The second-order valence-electron chi connectivity index (χ2n) is 6.11. The van der Waals surface area contributed by atoms with E-state index in [0.717, 1.165) is 16.1 Å². The number of carbonyl (C=O) groups is 2. The molecule has 0 saturated carbocycles. The maximum absolute atomic E-state index is 12.8. The highest BCUT2D eigenvalue weighted by molar-refractivity contribution is 7.15. The van der Waals surface area contributed by atoms with Crippen LogP contribution in [0, 0.1) is 13.8 Å². The molecule has 1 unspecified atom stereocenters. The summed E-state index contributed by atoms with van der Waals surface area (Å²) in [6.07, 6.45) is 3.44. The zero-order chi connectivity index (χ0) is 19.2. The number of nitrogens with one attached hydrogen (secondary N) is 2. The summed E-state index contributed by atoms with van der Waals surface area (Å²) in [4.78, 5) is 34.7. The zero-order valence-electron chi connectivity index (χ0n) is 15.1. The van der Waals surface area contributed by atoms with Crippen LogP contribution in [0.4, 0.5) is 5.13 Å². The Labute approximate surface area is 161 Å². The molecule has 27 heavy (non-hydrogen) atoms. The lowest BCUT2D eigenvalue weighted by Crippen LogP contribution is -2.45. The van der Waals surface area contributed by atoms with Crippen LogP contribution in [-0.2, 0) is 11.2 Å². The smallest absolute Gasteiger partial charge is 0.253 e. The van der Waals surface area contributed by atoms with Crippen LogP contribution >= 0.6 is 11.3 Å². The predicted octanol–water partition coefficient (Wildman–Crippen LogP) is 3.13. The largest absolute Gasteiger partial charge is 0.340 e. The van der Waals surface area contributed by atoms with E-state index in [9.17, 15) is 9.59 Å². The standard InChI is InChI=1S/C20H20N4O2S/c1-13-14(2)27-20(22-13)24-19(26)17(11-15-7-4-3-5-8-15)23-18(25)16-9-6-10-21-12-16/h3-10,12,17H,11H2,1-2H3,(H,23,25)(H,22,24,26). The van der Waals surface area contributed by atoms with Gasteiger partial charge in [-0.1, -0.05) is 30.3 Å². The average Bonchev–Trinajstić information content (AvgIpc) is 2.99. The van der Waals surface area contributed by atoms with Crippen LogP contribution in [0.2, 0.25) is 0 Å². The molecule has 2 N–H and O–H groups in total. The lowest BCUT2D eigenvalue weighted by atomic mass is 10.0. The summed E-state index contributed by atoms with van der Waals surface area (Å²) in [5.74, 6) is -0.643. The minimum Gasteiger partial charge on any atom is -0.340 e. The fourth-order valence-corrected chi connectivity index (χ4v) is 3.33. The number of nitrogens with zero attached hydrogens (tertiary/aromatic N) is 2. The number of hydrogen-bond donors (Lipinski definition) is 2. The first-order valence-corrected chi connectivity index (χ1v) is 9.34. The van der Waals surface area contributed by atoms with E-state index >= 15 is 0 Å². The number of thiazole rings is 1. The number of aryl methyl sites for hydroxylation is 2. The van der Waals surface area contributed by atoms with Gasteiger partial charge in [0.15, 0.2) is 5.13 Å². The number of pyridine rings is 1. The first-order chi connectivity index (χ1) is 13.0. The summed E-state index contributed by atoms with van der Waals surface area (Å²) in [7, 11) is 0. The van der Waals surface area contributed by atoms with Crippen molar-refractivity contribution in [2.45, 2.75) is 26.3 Å². The third-order valence-corrected chi connectivity index (χ3v) is 5.08. The summed E-state index contributed by atoms with van der Waals surface area (Å²) >= 11 is 1.42. The van der Waals surface area contributed by atoms with Crippen LogP contribution in [-0.4, -0.2) is 27.8 Å². The number of benzene rings is 1. The summed E-state index contributed by atoms with van der Waals surface area (Å²) in [5, 5.41) is 6.16. The fraction of sp³-hybridized carbons (Fsp3) is 0.200. The van der Waals surface area contributed by atoms with Crippen molar-refractivity contribution in [3.8, 4) is 0 Å². The van der Waals surface area contributed by atoms with E-state index in [1.807, 2.05) is 44.2 Å². The molecule has 0 fully saturated rings. The van der Waals surface area contributed by atoms with Gasteiger partial charge in [-0.2, -0.15) is 0 Å². The van der Waals surface area contributed by atoms with E-state index in [1.54, 1.807) is 18.3 Å². The molecule has 0 aliphatic rings. The summed E-state index contributed by atoms with van der Waals surface area (Å²) in [6.45, 7) is 3.85. The Bertz CT molecular complexity index is 906. The van der Waals surface area contributed by atoms with Gasteiger partial charge in [0.1, 0.15) is 6.04 Å². The Balaban J connectivity index is 1.78. The van der Waals surface area contributed by atoms with Gasteiger partial charge < -0.3 is 10.6 Å². The maximum Gasteiger partial charge on any atom is 0.253 e. The minimum atomic E-state index is -0.732. The molecule has 0 aliphatic heterocycles. The van der Waals surface area contributed by atoms with Gasteiger partial charge in [-0.05, 0) is 31.5 Å². The first kappa shape index (κ1) is 18.7. The van der Waals surface area contributed by atoms with Gasteiger partial charge in [0, 0.05) is 23.7 Å². The van der Waals surface area contributed by atoms with Crippen LogP contribution < -0.4 is 10.6 Å². The number of anilines is 1. The molecule has 2 heterocycles. The maximum atomic E-state index is 12.8. The molecule has 0 bridgehead atoms. The third kappa shape index (κ3) is 4.98. The van der Waals surface area contributed by atoms with Crippen molar-refractivity contribution >= 4 is 28.3 Å². The van der Waals surface area contributed by atoms with Gasteiger partial charge in [0.05, 0.1) is 11.3 Å². The van der Waals surface area contributed by atoms with Crippen molar-refractivity contribution in [1.29, 1.82) is 0 Å². The van der Waals surface area contributed by atoms with E-state index in [0.29, 0.717) is 17.1 Å². The van der Waals surface area contributed by atoms with Crippen LogP contribution in [0.3, 0.4) is 0 Å². The van der Waals surface area contributed by atoms with Gasteiger partial charge >= 0.3 is 0 Å². The quantitative estimate of drug-likeness (QED) is 0.688. The van der Waals surface area contributed by atoms with Crippen LogP contribution in [0.5, 0.6) is 0 Å². The van der Waals surface area contributed by atoms with Crippen molar-refractivity contribution in [2.24, 2.45) is 0 Å². The first-order valence-electron chi connectivity index (χ1n) is 8.52. The molecule has 0 saturated heterocycles. The molecule has 1 atom stereocenters. The van der Waals surface area contributed by atoms with Crippen LogP contribution in [0.1, 0.15) is 26.5 Å². The molecule has 3 rings (SSSR count). The van der Waals surface area contributed by atoms with E-state index in [4.69, 9.17) is 0 Å². The second-order valence-corrected chi connectivity index (χ2v) is 7.31. The van der Waals surface area contributed by atoms with E-state index < -0.39 is 6.04 Å². The highest BCUT2D eigenvalue weighted by Gasteiger charge is 2.23. The Morgan fingerprint density at radius 3 is 2.52 bits per heavy atom. The van der Waals surface area contributed by atoms with Gasteiger partial charge in [-0.15, -0.1) is 11.3 Å².